The summed E-state index contributed by atoms with van der Waals surface area (Å²) in [6.07, 6.45) is 16.6. The van der Waals surface area contributed by atoms with Gasteiger partial charge < -0.3 is 10.2 Å². The molecule has 69 heavy (non-hydrogen) atoms. The van der Waals surface area contributed by atoms with Crippen LogP contribution in [0.5, 0.6) is 0 Å². The van der Waals surface area contributed by atoms with Crippen LogP contribution in [0.2, 0.25) is 0 Å². The van der Waals surface area contributed by atoms with Crippen molar-refractivity contribution in [3.05, 3.63) is 72.7 Å². The predicted octanol–water partition coefficient (Wildman–Crippen LogP) is 3.33. The molecule has 20 heteroatoms. The van der Waals surface area contributed by atoms with Gasteiger partial charge in [0.25, 0.3) is 0 Å². The fraction of sp³-hybridized carbons (Fsp3) is 0.531. The van der Waals surface area contributed by atoms with Crippen LogP contribution in [0.25, 0.3) is 28.0 Å². The number of nitrogens with zero attached hydrogens (tertiary/aromatic N) is 10. The van der Waals surface area contributed by atoms with Crippen molar-refractivity contribution in [2.45, 2.75) is 111 Å². The van der Waals surface area contributed by atoms with Crippen LogP contribution in [-0.2, 0) is 12.7 Å². The molecule has 2 saturated carbocycles. The minimum absolute atomic E-state index is 0.0138. The molecule has 3 saturated heterocycles. The van der Waals surface area contributed by atoms with Gasteiger partial charge in [0.2, 0.25) is 11.8 Å². The molecule has 2 amide bonds. The molecule has 3 atom stereocenters. The zero-order valence-corrected chi connectivity index (χ0v) is 40.6. The van der Waals surface area contributed by atoms with Crippen molar-refractivity contribution in [3.8, 4) is 28.6 Å². The quantitative estimate of drug-likeness (QED) is 0.0940. The number of nitrogens with one attached hydrogen (secondary N) is 2. The van der Waals surface area contributed by atoms with Crippen LogP contribution in [0.15, 0.2) is 61.3 Å². The number of benzene rings is 1. The number of carbonyl (C=O) groups is 2. The maximum absolute atomic E-state index is 15.4. The monoisotopic (exact) mass is 1060 g/mol. The van der Waals surface area contributed by atoms with E-state index in [0.29, 0.717) is 95.2 Å². The van der Waals surface area contributed by atoms with E-state index in [-0.39, 0.29) is 49.0 Å². The van der Waals surface area contributed by atoms with Crippen LogP contribution in [0.4, 0.5) is 30.4 Å². The Hall–Kier alpha value is -5.37. The molecular formula is C49H58F3IN13O3-. The molecule has 4 N–H and O–H groups in total. The van der Waals surface area contributed by atoms with Crippen molar-refractivity contribution in [1.82, 2.24) is 39.6 Å². The summed E-state index contributed by atoms with van der Waals surface area (Å²) >= 11 is -0.586. The molecular weight excluding hydrogens is 1000 g/mol. The van der Waals surface area contributed by atoms with Gasteiger partial charge >= 0.3 is 238 Å². The molecule has 16 nitrogen and oxygen atoms in total. The Morgan fingerprint density at radius 1 is 0.899 bits per heavy atom. The van der Waals surface area contributed by atoms with Crippen molar-refractivity contribution in [2.75, 3.05) is 60.9 Å². The zero-order chi connectivity index (χ0) is 47.6. The molecule has 0 bridgehead atoms. The van der Waals surface area contributed by atoms with Crippen molar-refractivity contribution in [3.63, 3.8) is 0 Å². The van der Waals surface area contributed by atoms with E-state index in [1.807, 2.05) is 24.5 Å². The molecule has 10 rings (SSSR count). The normalized spacial score (nSPS) is 25.2. The van der Waals surface area contributed by atoms with Crippen LogP contribution in [0.1, 0.15) is 88.7 Å². The molecule has 3 aliphatic heterocycles. The summed E-state index contributed by atoms with van der Waals surface area (Å²) in [6, 6.07) is 11.3. The summed E-state index contributed by atoms with van der Waals surface area (Å²) in [5, 5.41) is 24.8. The van der Waals surface area contributed by atoms with Gasteiger partial charge in [0.05, 0.1) is 11.7 Å². The van der Waals surface area contributed by atoms with Gasteiger partial charge in [-0.05, 0) is 50.3 Å². The van der Waals surface area contributed by atoms with Crippen molar-refractivity contribution < 1.29 is 47.4 Å². The van der Waals surface area contributed by atoms with Gasteiger partial charge in [-0.3, -0.25) is 24.5 Å². The van der Waals surface area contributed by atoms with E-state index in [2.05, 4.69) is 47.4 Å². The van der Waals surface area contributed by atoms with E-state index in [1.165, 1.54) is 6.07 Å². The number of hydrogen-bond donors (Lipinski definition) is 3. The fourth-order valence-electron chi connectivity index (χ4n) is 10.7. The number of hydrogen-bond acceptors (Lipinski definition) is 13. The first-order chi connectivity index (χ1) is 33.5. The zero-order valence-electron chi connectivity index (χ0n) is 38.5. The third-order valence-corrected chi connectivity index (χ3v) is 17.5. The van der Waals surface area contributed by atoms with Crippen molar-refractivity contribution in [1.29, 1.82) is 5.26 Å². The van der Waals surface area contributed by atoms with E-state index in [1.54, 1.807) is 29.0 Å². The molecule has 366 valence electrons. The third-order valence-electron chi connectivity index (χ3n) is 14.7. The number of piperazine rings is 1. The molecule has 2 aliphatic carbocycles. The molecule has 5 aliphatic rings. The third kappa shape index (κ3) is 10.7. The number of anilines is 3. The first-order valence-electron chi connectivity index (χ1n) is 24.3. The Bertz CT molecular complexity index is 2670. The summed E-state index contributed by atoms with van der Waals surface area (Å²) in [6.45, 7) is 4.90. The number of piperidine rings is 1. The Kier molecular flexibility index (Phi) is 14.1. The average Bonchev–Trinajstić information content (AvgIpc) is 3.98. The van der Waals surface area contributed by atoms with E-state index in [9.17, 15) is 23.6 Å². The number of nitriles is 1. The molecule has 1 aromatic carbocycles. The average molecular weight is 1060 g/mol. The molecule has 0 spiro atoms. The van der Waals surface area contributed by atoms with Gasteiger partial charge in [-0.15, -0.1) is 0 Å². The van der Waals surface area contributed by atoms with Crippen LogP contribution in [-0.4, -0.2) is 120 Å². The number of rotatable bonds is 12. The number of alkyl halides is 3. The number of nitrogens with two attached hydrogens (primary N) is 1. The first kappa shape index (κ1) is 47.3. The summed E-state index contributed by atoms with van der Waals surface area (Å²) in [4.78, 5) is 40.6. The molecule has 0 radical (unpaired) electrons. The topological polar surface area (TPSA) is 188 Å². The van der Waals surface area contributed by atoms with Crippen LogP contribution < -0.4 is 47.8 Å². The molecule has 2 unspecified atom stereocenters. The number of aromatic nitrogens is 6. The maximum atomic E-state index is 15.4. The fourth-order valence-corrected chi connectivity index (χ4v) is 13.2. The molecule has 5 fully saturated rings. The Balaban J connectivity index is 0.764. The number of carbonyl (C=O) groups excluding carboxylic acids is 2. The second-order valence-corrected chi connectivity index (χ2v) is 22.0. The molecule has 5 aromatic rings. The predicted molar refractivity (Wildman–Crippen MR) is 249 cm³/mol. The number of pyridine rings is 1. The number of imide groups is 1. The van der Waals surface area contributed by atoms with E-state index in [0.717, 1.165) is 75.1 Å². The van der Waals surface area contributed by atoms with Gasteiger partial charge in [-0.2, -0.15) is 5.10 Å². The summed E-state index contributed by atoms with van der Waals surface area (Å²) in [7, 11) is 0. The van der Waals surface area contributed by atoms with E-state index in [4.69, 9.17) is 23.9 Å². The second-order valence-electron chi connectivity index (χ2n) is 19.3. The summed E-state index contributed by atoms with van der Waals surface area (Å²) in [5.74, 6) is -2.40. The summed E-state index contributed by atoms with van der Waals surface area (Å²) in [5.41, 5.74) is 11.1. The molecule has 4 aromatic heterocycles. The Labute approximate surface area is 409 Å². The number of halogens is 4. The van der Waals surface area contributed by atoms with E-state index >= 15 is 4.39 Å². The van der Waals surface area contributed by atoms with Gasteiger partial charge in [-0.25, -0.2) is 4.39 Å². The molecule has 7 heterocycles. The first-order valence-corrected chi connectivity index (χ1v) is 26.4. The standard InChI is InChI=1S/C49H58F3IN13O3/c50-40-21-36(59-41-9-12-45(67)61-48(41)68)4-10-43(40)63-19-17-62(18-20-63)37-5-7-38(8-6-37)65-27-34(26-57-65)42-30-66-47(33(22-54)25-58-66)46(60-42)32-2-11-44(56-24-32)64-28-35(53-69-39(23-55)29-64)3-1-31-13-15-49(51,52)16-14-31/h2,4,10-11,21,24-27,30-31,35,37-39,41,59H,1,3,5-9,12-20,23,28-29,55H2,(H,61,67,68)/q-1/t35-,37?,38?,39?,41?/m0/s1. The van der Waals surface area contributed by atoms with E-state index < -0.39 is 33.6 Å². The van der Waals surface area contributed by atoms with Crippen LogP contribution in [0.3, 0.4) is 0 Å². The van der Waals surface area contributed by atoms with Crippen molar-refractivity contribution in [2.24, 2.45) is 11.7 Å². The van der Waals surface area contributed by atoms with Gasteiger partial charge in [-0.1, -0.05) is 0 Å². The van der Waals surface area contributed by atoms with Crippen LogP contribution in [0, 0.1) is 23.1 Å². The Morgan fingerprint density at radius 3 is 2.42 bits per heavy atom. The summed E-state index contributed by atoms with van der Waals surface area (Å²) < 4.78 is 53.4. The SMILES string of the molecule is N#Cc1cnn2cc(-c3cnn(C4CCC(N5CCN(c6ccc(NC7CCC(=O)NC7=O)cc6F)CC5)CC4)c3)nc(-c3ccc(N4CC(CN)O[I-][C@@H](CCC5CCC(F)(F)CC5)C4)nc3)c12. The van der Waals surface area contributed by atoms with Crippen molar-refractivity contribution >= 4 is 34.5 Å². The second kappa shape index (κ2) is 20.5. The number of amides is 2. The van der Waals surface area contributed by atoms with Gasteiger partial charge in [0, 0.05) is 44.3 Å². The minimum atomic E-state index is -2.52. The Morgan fingerprint density at radius 2 is 1.70 bits per heavy atom. The van der Waals surface area contributed by atoms with Gasteiger partial charge in [0.15, 0.2) is 0 Å². The van der Waals surface area contributed by atoms with Crippen LogP contribution >= 0.6 is 0 Å². The van der Waals surface area contributed by atoms with Gasteiger partial charge in [0.1, 0.15) is 11.9 Å². The number of fused-ring (bicyclic) bond motifs is 1.